The van der Waals surface area contributed by atoms with Crippen molar-refractivity contribution in [2.45, 2.75) is 26.7 Å². The molecule has 138 valence electrons. The minimum Gasteiger partial charge on any atom is -0.496 e. The molecule has 0 N–H and O–H groups in total. The van der Waals surface area contributed by atoms with Crippen LogP contribution in [0.15, 0.2) is 77.9 Å². The molecular formula is C24H26N2O. The number of benzene rings is 3. The van der Waals surface area contributed by atoms with Crippen LogP contribution in [0.2, 0.25) is 0 Å². The van der Waals surface area contributed by atoms with E-state index in [1.807, 2.05) is 47.6 Å². The number of aryl methyl sites for hydroxylation is 1. The Labute approximate surface area is 161 Å². The molecule has 3 heteroatoms. The van der Waals surface area contributed by atoms with Crippen molar-refractivity contribution in [3.63, 3.8) is 0 Å². The lowest BCUT2D eigenvalue weighted by Crippen LogP contribution is -2.09. The van der Waals surface area contributed by atoms with E-state index in [1.54, 1.807) is 7.11 Å². The van der Waals surface area contributed by atoms with Crippen molar-refractivity contribution in [1.29, 1.82) is 0 Å². The summed E-state index contributed by atoms with van der Waals surface area (Å²) in [6.45, 7) is 6.44. The zero-order valence-electron chi connectivity index (χ0n) is 16.4. The number of ether oxygens (including phenoxy) is 1. The molecule has 0 bridgehead atoms. The third kappa shape index (κ3) is 4.37. The minimum absolute atomic E-state index is 0.382. The minimum atomic E-state index is 0.382. The molecule has 0 aliphatic heterocycles. The highest BCUT2D eigenvalue weighted by atomic mass is 16.5. The quantitative estimate of drug-likeness (QED) is 0.381. The first kappa shape index (κ1) is 18.7. The first-order valence-electron chi connectivity index (χ1n) is 9.23. The second-order valence-electron chi connectivity index (χ2n) is 6.83. The molecule has 0 heterocycles. The van der Waals surface area contributed by atoms with Crippen LogP contribution in [0.25, 0.3) is 0 Å². The molecule has 3 nitrogen and oxygen atoms in total. The van der Waals surface area contributed by atoms with Gasteiger partial charge >= 0.3 is 0 Å². The first-order valence-corrected chi connectivity index (χ1v) is 9.23. The summed E-state index contributed by atoms with van der Waals surface area (Å²) < 4.78 is 5.55. The Morgan fingerprint density at radius 3 is 1.93 bits per heavy atom. The van der Waals surface area contributed by atoms with Crippen LogP contribution in [0.1, 0.15) is 36.5 Å². The lowest BCUT2D eigenvalue weighted by molar-refractivity contribution is 0.407. The van der Waals surface area contributed by atoms with Gasteiger partial charge in [0.1, 0.15) is 5.75 Å². The fraction of sp³-hybridized carbons (Fsp3) is 0.208. The Morgan fingerprint density at radius 2 is 1.44 bits per heavy atom. The average molecular weight is 358 g/mol. The second kappa shape index (κ2) is 8.54. The molecule has 0 aromatic heterocycles. The lowest BCUT2D eigenvalue weighted by atomic mass is 9.97. The third-order valence-electron chi connectivity index (χ3n) is 4.55. The maximum Gasteiger partial charge on any atom is 0.122 e. The molecule has 3 aromatic carbocycles. The van der Waals surface area contributed by atoms with Gasteiger partial charge < -0.3 is 4.74 Å². The maximum atomic E-state index is 5.55. The average Bonchev–Trinajstić information content (AvgIpc) is 2.70. The zero-order chi connectivity index (χ0) is 19.2. The molecule has 0 saturated heterocycles. The SMILES string of the molecule is COc1cc(C)c(/C=N\N(c2ccccc2)c2ccccc2)cc1C(C)C. The van der Waals surface area contributed by atoms with Gasteiger partial charge in [0.2, 0.25) is 0 Å². The van der Waals surface area contributed by atoms with Gasteiger partial charge in [-0.3, -0.25) is 0 Å². The first-order chi connectivity index (χ1) is 13.1. The number of para-hydroxylation sites is 2. The Morgan fingerprint density at radius 1 is 0.889 bits per heavy atom. The highest BCUT2D eigenvalue weighted by Crippen LogP contribution is 2.30. The van der Waals surface area contributed by atoms with Gasteiger partial charge in [-0.2, -0.15) is 5.10 Å². The third-order valence-corrected chi connectivity index (χ3v) is 4.55. The highest BCUT2D eigenvalue weighted by molar-refractivity contribution is 5.84. The molecule has 0 fully saturated rings. The van der Waals surface area contributed by atoms with Gasteiger partial charge in [-0.15, -0.1) is 0 Å². The van der Waals surface area contributed by atoms with Crippen LogP contribution >= 0.6 is 0 Å². The van der Waals surface area contributed by atoms with Crippen LogP contribution in [0.5, 0.6) is 5.75 Å². The second-order valence-corrected chi connectivity index (χ2v) is 6.83. The lowest BCUT2D eigenvalue weighted by Gasteiger charge is -2.20. The predicted octanol–water partition coefficient (Wildman–Crippen LogP) is 6.30. The predicted molar refractivity (Wildman–Crippen MR) is 114 cm³/mol. The molecule has 0 aliphatic rings. The molecule has 3 rings (SSSR count). The number of nitrogens with zero attached hydrogens (tertiary/aromatic N) is 2. The maximum absolute atomic E-state index is 5.55. The summed E-state index contributed by atoms with van der Waals surface area (Å²) in [5.74, 6) is 1.31. The van der Waals surface area contributed by atoms with Crippen LogP contribution in [0.4, 0.5) is 11.4 Å². The summed E-state index contributed by atoms with van der Waals surface area (Å²) in [4.78, 5) is 0. The van der Waals surface area contributed by atoms with E-state index in [-0.39, 0.29) is 0 Å². The normalized spacial score (nSPS) is 11.1. The number of hydrogen-bond acceptors (Lipinski definition) is 3. The van der Waals surface area contributed by atoms with Crippen molar-refractivity contribution >= 4 is 17.6 Å². The van der Waals surface area contributed by atoms with Crippen molar-refractivity contribution in [2.24, 2.45) is 5.10 Å². The molecular weight excluding hydrogens is 332 g/mol. The molecule has 0 amide bonds. The van der Waals surface area contributed by atoms with Crippen molar-refractivity contribution in [3.8, 4) is 5.75 Å². The van der Waals surface area contributed by atoms with Gasteiger partial charge in [-0.05, 0) is 65.9 Å². The Bertz CT molecular complexity index is 863. The van der Waals surface area contributed by atoms with Gasteiger partial charge in [0.15, 0.2) is 0 Å². The molecule has 0 saturated carbocycles. The fourth-order valence-corrected chi connectivity index (χ4v) is 3.02. The Kier molecular flexibility index (Phi) is 5.92. The zero-order valence-corrected chi connectivity index (χ0v) is 16.4. The van der Waals surface area contributed by atoms with Crippen molar-refractivity contribution < 1.29 is 4.74 Å². The van der Waals surface area contributed by atoms with Crippen LogP contribution in [-0.2, 0) is 0 Å². The summed E-state index contributed by atoms with van der Waals surface area (Å²) in [5, 5.41) is 6.78. The van der Waals surface area contributed by atoms with Crippen molar-refractivity contribution in [2.75, 3.05) is 12.1 Å². The number of hydrogen-bond donors (Lipinski definition) is 0. The molecule has 0 radical (unpaired) electrons. The summed E-state index contributed by atoms with van der Waals surface area (Å²) in [6, 6.07) is 24.6. The molecule has 0 unspecified atom stereocenters. The van der Waals surface area contributed by atoms with Crippen molar-refractivity contribution in [1.82, 2.24) is 0 Å². The van der Waals surface area contributed by atoms with Gasteiger partial charge in [-0.1, -0.05) is 50.2 Å². The van der Waals surface area contributed by atoms with Crippen LogP contribution < -0.4 is 9.75 Å². The Hall–Kier alpha value is -3.07. The molecule has 0 spiro atoms. The highest BCUT2D eigenvalue weighted by Gasteiger charge is 2.11. The summed E-state index contributed by atoms with van der Waals surface area (Å²) in [6.07, 6.45) is 1.93. The number of hydrazone groups is 1. The number of anilines is 2. The van der Waals surface area contributed by atoms with E-state index in [0.29, 0.717) is 5.92 Å². The van der Waals surface area contributed by atoms with Crippen LogP contribution in [0, 0.1) is 6.92 Å². The summed E-state index contributed by atoms with van der Waals surface area (Å²) >= 11 is 0. The molecule has 3 aromatic rings. The number of rotatable bonds is 6. The molecule has 27 heavy (non-hydrogen) atoms. The summed E-state index contributed by atoms with van der Waals surface area (Å²) in [5.41, 5.74) is 5.47. The largest absolute Gasteiger partial charge is 0.496 e. The van der Waals surface area contributed by atoms with Gasteiger partial charge in [0.05, 0.1) is 24.7 Å². The van der Waals surface area contributed by atoms with Crippen molar-refractivity contribution in [3.05, 3.63) is 89.5 Å². The smallest absolute Gasteiger partial charge is 0.122 e. The topological polar surface area (TPSA) is 24.8 Å². The van der Waals surface area contributed by atoms with E-state index in [9.17, 15) is 0 Å². The van der Waals surface area contributed by atoms with Gasteiger partial charge in [0.25, 0.3) is 0 Å². The van der Waals surface area contributed by atoms with E-state index in [4.69, 9.17) is 9.84 Å². The van der Waals surface area contributed by atoms with E-state index >= 15 is 0 Å². The molecule has 0 atom stereocenters. The Balaban J connectivity index is 2.02. The summed E-state index contributed by atoms with van der Waals surface area (Å²) in [7, 11) is 1.72. The van der Waals surface area contributed by atoms with E-state index in [1.165, 1.54) is 5.56 Å². The monoisotopic (exact) mass is 358 g/mol. The fourth-order valence-electron chi connectivity index (χ4n) is 3.02. The number of methoxy groups -OCH3 is 1. The molecule has 0 aliphatic carbocycles. The van der Waals surface area contributed by atoms with E-state index in [0.717, 1.165) is 28.3 Å². The van der Waals surface area contributed by atoms with Crippen LogP contribution in [-0.4, -0.2) is 13.3 Å². The van der Waals surface area contributed by atoms with E-state index in [2.05, 4.69) is 57.2 Å². The van der Waals surface area contributed by atoms with Gasteiger partial charge in [-0.25, -0.2) is 5.01 Å². The van der Waals surface area contributed by atoms with Crippen LogP contribution in [0.3, 0.4) is 0 Å². The van der Waals surface area contributed by atoms with Gasteiger partial charge in [0, 0.05) is 0 Å². The van der Waals surface area contributed by atoms with E-state index < -0.39 is 0 Å². The standard InChI is InChI=1S/C24H26N2O/c1-18(2)23-16-20(19(3)15-24(23)27-4)17-25-26(21-11-7-5-8-12-21)22-13-9-6-10-14-22/h5-18H,1-4H3/b25-17-.